The fourth-order valence-corrected chi connectivity index (χ4v) is 2.97. The molecule has 0 atom stereocenters. The fourth-order valence-electron chi connectivity index (χ4n) is 2.37. The van der Waals surface area contributed by atoms with Crippen LogP contribution < -0.4 is 15.8 Å². The minimum Gasteiger partial charge on any atom is -0.398 e. The Kier molecular flexibility index (Phi) is 7.85. The van der Waals surface area contributed by atoms with Gasteiger partial charge in [-0.1, -0.05) is 41.7 Å². The van der Waals surface area contributed by atoms with Crippen molar-refractivity contribution in [3.63, 3.8) is 0 Å². The van der Waals surface area contributed by atoms with Crippen molar-refractivity contribution in [2.45, 2.75) is 0 Å². The quantitative estimate of drug-likeness (QED) is 0.366. The summed E-state index contributed by atoms with van der Waals surface area (Å²) in [6.45, 7) is 0.837. The van der Waals surface area contributed by atoms with Gasteiger partial charge in [0.15, 0.2) is 0 Å². The van der Waals surface area contributed by atoms with Crippen molar-refractivity contribution in [2.24, 2.45) is 10.7 Å². The first-order valence-electron chi connectivity index (χ1n) is 7.96. The Bertz CT molecular complexity index is 759. The monoisotopic (exact) mass is 374 g/mol. The Morgan fingerprint density at radius 2 is 2.04 bits per heavy atom. The van der Waals surface area contributed by atoms with Crippen LogP contribution in [0.3, 0.4) is 0 Å². The predicted octanol–water partition coefficient (Wildman–Crippen LogP) is 4.29. The lowest BCUT2D eigenvalue weighted by molar-refractivity contribution is 1.20. The molecule has 0 unspecified atom stereocenters. The normalized spacial score (nSPS) is 11.9. The zero-order chi connectivity index (χ0) is 18.1. The number of aliphatic imine (C=N–C) groups is 1. The first-order valence-corrected chi connectivity index (χ1v) is 9.32. The molecular weight excluding hydrogens is 352 g/mol. The van der Waals surface area contributed by atoms with Crippen LogP contribution in [0.5, 0.6) is 0 Å². The Morgan fingerprint density at radius 1 is 1.24 bits per heavy atom. The molecule has 0 spiro atoms. The topological polar surface area (TPSA) is 62.4 Å². The Hall–Kier alpha value is -1.95. The maximum atomic E-state index is 6.28. The molecule has 2 rings (SSSR count). The van der Waals surface area contributed by atoms with E-state index in [1.54, 1.807) is 25.2 Å². The number of anilines is 1. The van der Waals surface area contributed by atoms with Crippen LogP contribution in [0.1, 0.15) is 5.56 Å². The highest BCUT2D eigenvalue weighted by molar-refractivity contribution is 7.97. The molecule has 0 aromatic heterocycles. The largest absolute Gasteiger partial charge is 0.398 e. The van der Waals surface area contributed by atoms with Gasteiger partial charge >= 0.3 is 0 Å². The van der Waals surface area contributed by atoms with Gasteiger partial charge < -0.3 is 11.1 Å². The average Bonchev–Trinajstić information content (AvgIpc) is 2.63. The van der Waals surface area contributed by atoms with Gasteiger partial charge in [-0.3, -0.25) is 9.71 Å². The van der Waals surface area contributed by atoms with Gasteiger partial charge in [0, 0.05) is 47.5 Å². The molecule has 0 radical (unpaired) electrons. The van der Waals surface area contributed by atoms with Crippen LogP contribution in [0.4, 0.5) is 5.69 Å². The Morgan fingerprint density at radius 3 is 2.76 bits per heavy atom. The van der Waals surface area contributed by atoms with Crippen molar-refractivity contribution in [1.82, 2.24) is 4.72 Å². The Balaban J connectivity index is 2.36. The minimum atomic E-state index is 0.665. The van der Waals surface area contributed by atoms with E-state index < -0.39 is 0 Å². The van der Waals surface area contributed by atoms with Crippen LogP contribution >= 0.6 is 23.5 Å². The molecule has 0 aliphatic heterocycles. The number of nitrogens with zero attached hydrogens (tertiary/aromatic N) is 1. The van der Waals surface area contributed by atoms with Crippen LogP contribution in [-0.4, -0.2) is 32.6 Å². The average molecular weight is 375 g/mol. The lowest BCUT2D eigenvalue weighted by atomic mass is 10.00. The summed E-state index contributed by atoms with van der Waals surface area (Å²) in [6.07, 6.45) is 3.51. The zero-order valence-corrected chi connectivity index (χ0v) is 16.0. The first kappa shape index (κ1) is 19.4. The van der Waals surface area contributed by atoms with Crippen LogP contribution in [-0.2, 0) is 0 Å². The van der Waals surface area contributed by atoms with Crippen molar-refractivity contribution in [2.75, 3.05) is 31.7 Å². The number of halogens is 1. The van der Waals surface area contributed by atoms with Crippen molar-refractivity contribution < 1.29 is 0 Å². The standard InChI is InChI=1S/C19H23ClN4S/c1-22-9-8-18(21)17-13-15(14-4-3-5-16(20)12-14)6-7-19(17)24-10-11-25-23-2/h3-9,12-13,23-24H,10-11,21H2,1-2H3/b18-8-,22-9?. The molecule has 0 aliphatic carbocycles. The van der Waals surface area contributed by atoms with E-state index in [1.165, 1.54) is 0 Å². The van der Waals surface area contributed by atoms with E-state index in [-0.39, 0.29) is 0 Å². The van der Waals surface area contributed by atoms with Gasteiger partial charge in [-0.25, -0.2) is 0 Å². The van der Waals surface area contributed by atoms with Gasteiger partial charge in [0.2, 0.25) is 0 Å². The summed E-state index contributed by atoms with van der Waals surface area (Å²) in [5.74, 6) is 0.950. The van der Waals surface area contributed by atoms with Gasteiger partial charge in [0.1, 0.15) is 0 Å². The van der Waals surface area contributed by atoms with Gasteiger partial charge in [-0.05, 0) is 48.5 Å². The van der Waals surface area contributed by atoms with Gasteiger partial charge in [0.05, 0.1) is 0 Å². The molecule has 0 amide bonds. The predicted molar refractivity (Wildman–Crippen MR) is 113 cm³/mol. The van der Waals surface area contributed by atoms with E-state index in [0.29, 0.717) is 10.7 Å². The van der Waals surface area contributed by atoms with E-state index in [9.17, 15) is 0 Å². The molecule has 4 N–H and O–H groups in total. The number of hydrogen-bond donors (Lipinski definition) is 3. The molecule has 0 heterocycles. The highest BCUT2D eigenvalue weighted by atomic mass is 35.5. The molecule has 0 fully saturated rings. The number of nitrogens with two attached hydrogens (primary N) is 1. The summed E-state index contributed by atoms with van der Waals surface area (Å²) in [7, 11) is 3.64. The second kappa shape index (κ2) is 10.1. The van der Waals surface area contributed by atoms with E-state index in [1.807, 2.05) is 37.4 Å². The molecule has 25 heavy (non-hydrogen) atoms. The molecule has 0 saturated heterocycles. The number of nitrogens with one attached hydrogen (secondary N) is 2. The van der Waals surface area contributed by atoms with E-state index in [4.69, 9.17) is 17.3 Å². The zero-order valence-electron chi connectivity index (χ0n) is 14.4. The summed E-state index contributed by atoms with van der Waals surface area (Å²) < 4.78 is 3.07. The molecule has 0 aliphatic rings. The van der Waals surface area contributed by atoms with E-state index in [2.05, 4.69) is 33.2 Å². The third-order valence-electron chi connectivity index (χ3n) is 3.56. The van der Waals surface area contributed by atoms with Crippen LogP contribution in [0.25, 0.3) is 16.8 Å². The van der Waals surface area contributed by atoms with Crippen LogP contribution in [0, 0.1) is 0 Å². The fraction of sp³-hybridized carbons (Fsp3) is 0.211. The van der Waals surface area contributed by atoms with E-state index >= 15 is 0 Å². The molecule has 6 heteroatoms. The summed E-state index contributed by atoms with van der Waals surface area (Å²) in [4.78, 5) is 3.98. The van der Waals surface area contributed by atoms with Crippen molar-refractivity contribution in [3.8, 4) is 11.1 Å². The molecule has 2 aromatic carbocycles. The summed E-state index contributed by atoms with van der Waals surface area (Å²) in [6, 6.07) is 14.0. The molecule has 132 valence electrons. The number of allylic oxidation sites excluding steroid dienone is 1. The van der Waals surface area contributed by atoms with Gasteiger partial charge in [-0.15, -0.1) is 0 Å². The van der Waals surface area contributed by atoms with Crippen molar-refractivity contribution in [3.05, 3.63) is 59.1 Å². The Labute approximate surface area is 158 Å². The summed E-state index contributed by atoms with van der Waals surface area (Å²) >= 11 is 7.78. The van der Waals surface area contributed by atoms with Crippen molar-refractivity contribution in [1.29, 1.82) is 0 Å². The van der Waals surface area contributed by atoms with E-state index in [0.717, 1.165) is 34.7 Å². The van der Waals surface area contributed by atoms with Gasteiger partial charge in [0.25, 0.3) is 0 Å². The molecule has 2 aromatic rings. The highest BCUT2D eigenvalue weighted by Gasteiger charge is 2.08. The lowest BCUT2D eigenvalue weighted by Crippen LogP contribution is -2.10. The molecular formula is C19H23ClN4S. The number of hydrogen-bond acceptors (Lipinski definition) is 5. The van der Waals surface area contributed by atoms with Crippen LogP contribution in [0.15, 0.2) is 53.5 Å². The summed E-state index contributed by atoms with van der Waals surface area (Å²) in [5.41, 5.74) is 11.0. The van der Waals surface area contributed by atoms with Gasteiger partial charge in [-0.2, -0.15) is 0 Å². The highest BCUT2D eigenvalue weighted by Crippen LogP contribution is 2.29. The maximum absolute atomic E-state index is 6.28. The second-order valence-electron chi connectivity index (χ2n) is 5.28. The smallest absolute Gasteiger partial charge is 0.0435 e. The maximum Gasteiger partial charge on any atom is 0.0435 e. The second-order valence-corrected chi connectivity index (χ2v) is 6.82. The third kappa shape index (κ3) is 5.81. The third-order valence-corrected chi connectivity index (χ3v) is 4.49. The van der Waals surface area contributed by atoms with Crippen molar-refractivity contribution >= 4 is 41.1 Å². The molecule has 0 saturated carbocycles. The SMILES string of the molecule is CN=C/C=C(\N)c1cc(-c2cccc(Cl)c2)ccc1NCCSNC. The summed E-state index contributed by atoms with van der Waals surface area (Å²) in [5, 5.41) is 4.16. The minimum absolute atomic E-state index is 0.665. The number of benzene rings is 2. The molecule has 4 nitrogen and oxygen atoms in total. The lowest BCUT2D eigenvalue weighted by Gasteiger charge is -2.14. The van der Waals surface area contributed by atoms with Crippen LogP contribution in [0.2, 0.25) is 5.02 Å². The first-order chi connectivity index (χ1) is 12.2. The number of rotatable bonds is 8. The molecule has 0 bridgehead atoms.